The fraction of sp³-hybridized carbons (Fsp3) is 0.400. The van der Waals surface area contributed by atoms with Crippen LogP contribution in [0.25, 0.3) is 0 Å². The molecule has 6 nitrogen and oxygen atoms in total. The van der Waals surface area contributed by atoms with E-state index in [2.05, 4.69) is 0 Å². The highest BCUT2D eigenvalue weighted by Gasteiger charge is 2.32. The first-order valence-electron chi connectivity index (χ1n) is 6.55. The van der Waals surface area contributed by atoms with Crippen LogP contribution in [-0.4, -0.2) is 38.5 Å². The molecule has 6 heteroatoms. The molecule has 0 aliphatic heterocycles. The Kier molecular flexibility index (Phi) is 6.39. The number of carbonyl (C=O) groups is 3. The lowest BCUT2D eigenvalue weighted by Gasteiger charge is -2.16. The number of methoxy groups -OCH3 is 1. The molecule has 0 spiro atoms. The van der Waals surface area contributed by atoms with Crippen LogP contribution in [0.3, 0.4) is 0 Å². The van der Waals surface area contributed by atoms with Gasteiger partial charge in [-0.15, -0.1) is 0 Å². The molecule has 0 bridgehead atoms. The summed E-state index contributed by atoms with van der Waals surface area (Å²) < 4.78 is 14.9. The number of ether oxygens (including phenoxy) is 3. The van der Waals surface area contributed by atoms with Gasteiger partial charge >= 0.3 is 11.9 Å². The molecule has 0 radical (unpaired) electrons. The highest BCUT2D eigenvalue weighted by Crippen LogP contribution is 2.26. The summed E-state index contributed by atoms with van der Waals surface area (Å²) in [6.07, 6.45) is 0.631. The third kappa shape index (κ3) is 4.05. The highest BCUT2D eigenvalue weighted by molar-refractivity contribution is 6.01. The van der Waals surface area contributed by atoms with E-state index in [-0.39, 0.29) is 19.0 Å². The molecule has 0 N–H and O–H groups in total. The Morgan fingerprint density at radius 2 is 1.71 bits per heavy atom. The van der Waals surface area contributed by atoms with Crippen molar-refractivity contribution in [2.75, 3.05) is 20.3 Å². The predicted octanol–water partition coefficient (Wildman–Crippen LogP) is 1.72. The van der Waals surface area contributed by atoms with Gasteiger partial charge in [0.25, 0.3) is 0 Å². The number of rotatable bonds is 7. The van der Waals surface area contributed by atoms with Crippen molar-refractivity contribution >= 4 is 18.2 Å². The Bertz CT molecular complexity index is 505. The lowest BCUT2D eigenvalue weighted by Crippen LogP contribution is -2.26. The third-order valence-corrected chi connectivity index (χ3v) is 2.76. The van der Waals surface area contributed by atoms with Crippen LogP contribution in [-0.2, 0) is 19.1 Å². The molecule has 0 atom stereocenters. The van der Waals surface area contributed by atoms with E-state index in [1.807, 2.05) is 0 Å². The van der Waals surface area contributed by atoms with E-state index in [0.717, 1.165) is 0 Å². The highest BCUT2D eigenvalue weighted by atomic mass is 16.6. The molecule has 0 unspecified atom stereocenters. The summed E-state index contributed by atoms with van der Waals surface area (Å²) in [5, 5.41) is 0. The number of aldehydes is 1. The second-order valence-corrected chi connectivity index (χ2v) is 4.06. The molecule has 114 valence electrons. The van der Waals surface area contributed by atoms with Gasteiger partial charge in [0, 0.05) is 0 Å². The normalized spacial score (nSPS) is 10.1. The van der Waals surface area contributed by atoms with Crippen molar-refractivity contribution in [2.24, 2.45) is 0 Å². The predicted molar refractivity (Wildman–Crippen MR) is 74.4 cm³/mol. The maximum absolute atomic E-state index is 12.0. The molecule has 0 amide bonds. The van der Waals surface area contributed by atoms with Crippen LogP contribution >= 0.6 is 0 Å². The summed E-state index contributed by atoms with van der Waals surface area (Å²) in [5.74, 6) is -2.31. The van der Waals surface area contributed by atoms with E-state index in [1.165, 1.54) is 25.3 Å². The number of hydrogen-bond donors (Lipinski definition) is 0. The van der Waals surface area contributed by atoms with Gasteiger partial charge in [-0.1, -0.05) is 6.07 Å². The Hall–Kier alpha value is -2.37. The molecule has 1 rings (SSSR count). The van der Waals surface area contributed by atoms with Gasteiger partial charge in [0.1, 0.15) is 5.75 Å². The van der Waals surface area contributed by atoms with Crippen LogP contribution < -0.4 is 4.74 Å². The smallest absolute Gasteiger partial charge is 0.324 e. The molecule has 0 fully saturated rings. The van der Waals surface area contributed by atoms with Gasteiger partial charge in [0.2, 0.25) is 0 Å². The van der Waals surface area contributed by atoms with Crippen molar-refractivity contribution < 1.29 is 28.6 Å². The van der Waals surface area contributed by atoms with Crippen LogP contribution in [0.1, 0.15) is 35.7 Å². The third-order valence-electron chi connectivity index (χ3n) is 2.76. The Balaban J connectivity index is 3.22. The lowest BCUT2D eigenvalue weighted by atomic mass is 9.97. The van der Waals surface area contributed by atoms with Gasteiger partial charge in [0.05, 0.1) is 25.9 Å². The first kappa shape index (κ1) is 16.7. The number of hydrogen-bond acceptors (Lipinski definition) is 6. The van der Waals surface area contributed by atoms with Gasteiger partial charge in [-0.3, -0.25) is 14.4 Å². The molecule has 0 aliphatic rings. The minimum absolute atomic E-state index is 0.151. The Labute approximate surface area is 123 Å². The minimum atomic E-state index is -1.19. The zero-order chi connectivity index (χ0) is 15.8. The first-order chi connectivity index (χ1) is 10.1. The fourth-order valence-electron chi connectivity index (χ4n) is 1.82. The van der Waals surface area contributed by atoms with E-state index < -0.39 is 17.9 Å². The Morgan fingerprint density at radius 1 is 1.14 bits per heavy atom. The average molecular weight is 294 g/mol. The molecule has 1 aromatic rings. The van der Waals surface area contributed by atoms with Crippen LogP contribution in [0.4, 0.5) is 0 Å². The minimum Gasteiger partial charge on any atom is -0.496 e. The molecule has 0 saturated heterocycles. The lowest BCUT2D eigenvalue weighted by molar-refractivity contribution is -0.156. The van der Waals surface area contributed by atoms with Gasteiger partial charge in [-0.25, -0.2) is 0 Å². The van der Waals surface area contributed by atoms with Crippen molar-refractivity contribution in [2.45, 2.75) is 19.8 Å². The van der Waals surface area contributed by atoms with Crippen LogP contribution in [0.5, 0.6) is 5.75 Å². The van der Waals surface area contributed by atoms with E-state index in [0.29, 0.717) is 17.4 Å². The molecule has 21 heavy (non-hydrogen) atoms. The summed E-state index contributed by atoms with van der Waals surface area (Å²) in [7, 11) is 1.40. The monoisotopic (exact) mass is 294 g/mol. The van der Waals surface area contributed by atoms with Crippen molar-refractivity contribution in [3.8, 4) is 5.75 Å². The van der Waals surface area contributed by atoms with E-state index >= 15 is 0 Å². The first-order valence-corrected chi connectivity index (χ1v) is 6.55. The Morgan fingerprint density at radius 3 is 2.14 bits per heavy atom. The molecule has 1 aromatic carbocycles. The summed E-state index contributed by atoms with van der Waals surface area (Å²) in [6.45, 7) is 3.60. The van der Waals surface area contributed by atoms with Crippen molar-refractivity contribution in [1.82, 2.24) is 0 Å². The van der Waals surface area contributed by atoms with Crippen molar-refractivity contribution in [3.63, 3.8) is 0 Å². The van der Waals surface area contributed by atoms with E-state index in [1.54, 1.807) is 13.8 Å². The summed E-state index contributed by atoms with van der Waals surface area (Å²) in [5.41, 5.74) is 0.682. The van der Waals surface area contributed by atoms with Crippen LogP contribution in [0.15, 0.2) is 18.2 Å². The molecule has 0 heterocycles. The maximum atomic E-state index is 12.0. The average Bonchev–Trinajstić information content (AvgIpc) is 2.47. The quantitative estimate of drug-likeness (QED) is 0.433. The topological polar surface area (TPSA) is 78.9 Å². The molecule has 0 saturated carbocycles. The number of carbonyl (C=O) groups excluding carboxylic acids is 3. The van der Waals surface area contributed by atoms with Crippen molar-refractivity contribution in [3.05, 3.63) is 29.3 Å². The van der Waals surface area contributed by atoms with E-state index in [4.69, 9.17) is 14.2 Å². The van der Waals surface area contributed by atoms with Gasteiger partial charge in [0.15, 0.2) is 12.2 Å². The maximum Gasteiger partial charge on any atom is 0.324 e. The van der Waals surface area contributed by atoms with Crippen LogP contribution in [0, 0.1) is 0 Å². The molecule has 0 aliphatic carbocycles. The molecule has 0 aromatic heterocycles. The SMILES string of the molecule is CCOC(=O)C(C(=O)OCC)c1ccc(C=O)c(OC)c1. The van der Waals surface area contributed by atoms with E-state index in [9.17, 15) is 14.4 Å². The fourth-order valence-corrected chi connectivity index (χ4v) is 1.82. The standard InChI is InChI=1S/C15H18O6/c1-4-20-14(17)13(15(18)21-5-2)10-6-7-11(9-16)12(8-10)19-3/h6-9,13H,4-5H2,1-3H3. The molecular formula is C15H18O6. The molecular weight excluding hydrogens is 276 g/mol. The van der Waals surface area contributed by atoms with Gasteiger partial charge < -0.3 is 14.2 Å². The number of esters is 2. The second-order valence-electron chi connectivity index (χ2n) is 4.06. The summed E-state index contributed by atoms with van der Waals surface area (Å²) in [6, 6.07) is 4.44. The second kappa shape index (κ2) is 8.04. The van der Waals surface area contributed by atoms with Crippen molar-refractivity contribution in [1.29, 1.82) is 0 Å². The summed E-state index contributed by atoms with van der Waals surface area (Å²) in [4.78, 5) is 34.8. The zero-order valence-corrected chi connectivity index (χ0v) is 12.3. The zero-order valence-electron chi connectivity index (χ0n) is 12.3. The van der Waals surface area contributed by atoms with Crippen LogP contribution in [0.2, 0.25) is 0 Å². The summed E-state index contributed by atoms with van der Waals surface area (Å²) >= 11 is 0. The van der Waals surface area contributed by atoms with Gasteiger partial charge in [-0.05, 0) is 31.5 Å². The van der Waals surface area contributed by atoms with Gasteiger partial charge in [-0.2, -0.15) is 0 Å². The largest absolute Gasteiger partial charge is 0.496 e. The number of benzene rings is 1.